The molecule has 0 saturated heterocycles. The zero-order valence-corrected chi connectivity index (χ0v) is 14.3. The van der Waals surface area contributed by atoms with E-state index in [0.717, 1.165) is 0 Å². The Morgan fingerprint density at radius 3 is 2.20 bits per heavy atom. The second-order valence-corrected chi connectivity index (χ2v) is 5.64. The highest BCUT2D eigenvalue weighted by Gasteiger charge is 2.07. The van der Waals surface area contributed by atoms with Gasteiger partial charge in [-0.25, -0.2) is 0 Å². The molecule has 0 bridgehead atoms. The van der Waals surface area contributed by atoms with Crippen molar-refractivity contribution in [1.29, 1.82) is 0 Å². The number of carbonyl (C=O) groups is 3. The van der Waals surface area contributed by atoms with E-state index in [4.69, 9.17) is 16.3 Å². The van der Waals surface area contributed by atoms with Crippen LogP contribution in [0.2, 0.25) is 5.02 Å². The number of hydrogen-bond donors (Lipinski definition) is 2. The van der Waals surface area contributed by atoms with E-state index < -0.39 is 5.91 Å². The average molecular weight is 361 g/mol. The summed E-state index contributed by atoms with van der Waals surface area (Å²) >= 11 is 5.75. The molecule has 0 aliphatic carbocycles. The maximum atomic E-state index is 11.8. The van der Waals surface area contributed by atoms with Crippen LogP contribution in [0.1, 0.15) is 17.3 Å². The summed E-state index contributed by atoms with van der Waals surface area (Å²) in [5.41, 5.74) is 1.10. The number of hydrogen-bond acceptors (Lipinski definition) is 4. The Bertz CT molecular complexity index is 758. The van der Waals surface area contributed by atoms with Gasteiger partial charge in [-0.15, -0.1) is 0 Å². The van der Waals surface area contributed by atoms with E-state index in [1.54, 1.807) is 48.5 Å². The monoisotopic (exact) mass is 360 g/mol. The summed E-state index contributed by atoms with van der Waals surface area (Å²) in [5.74, 6) is -0.340. The Morgan fingerprint density at radius 2 is 1.60 bits per heavy atom. The highest BCUT2D eigenvalue weighted by molar-refractivity contribution is 6.30. The van der Waals surface area contributed by atoms with Gasteiger partial charge in [0.25, 0.3) is 5.91 Å². The fourth-order valence-electron chi connectivity index (χ4n) is 1.90. The third-order valence-electron chi connectivity index (χ3n) is 3.20. The van der Waals surface area contributed by atoms with Gasteiger partial charge in [0.15, 0.2) is 12.4 Å². The molecule has 0 radical (unpaired) electrons. The van der Waals surface area contributed by atoms with E-state index in [-0.39, 0.29) is 24.8 Å². The Labute approximate surface area is 150 Å². The Kier molecular flexibility index (Phi) is 6.54. The first kappa shape index (κ1) is 18.5. The summed E-state index contributed by atoms with van der Waals surface area (Å²) in [6.45, 7) is 1.08. The maximum absolute atomic E-state index is 11.8. The van der Waals surface area contributed by atoms with Crippen molar-refractivity contribution in [2.24, 2.45) is 0 Å². The van der Waals surface area contributed by atoms with Gasteiger partial charge in [0.05, 0.1) is 6.54 Å². The molecule has 7 heteroatoms. The van der Waals surface area contributed by atoms with Crippen LogP contribution in [0, 0.1) is 0 Å². The van der Waals surface area contributed by atoms with Gasteiger partial charge in [-0.05, 0) is 55.5 Å². The number of ether oxygens (including phenoxy) is 1. The molecule has 0 atom stereocenters. The van der Waals surface area contributed by atoms with Crippen LogP contribution in [0.15, 0.2) is 48.5 Å². The zero-order chi connectivity index (χ0) is 18.2. The average Bonchev–Trinajstić information content (AvgIpc) is 2.60. The van der Waals surface area contributed by atoms with Crippen LogP contribution < -0.4 is 15.4 Å². The third kappa shape index (κ3) is 6.27. The number of halogens is 1. The number of ketones is 1. The minimum absolute atomic E-state index is 0.0502. The topological polar surface area (TPSA) is 84.5 Å². The smallest absolute Gasteiger partial charge is 0.258 e. The van der Waals surface area contributed by atoms with Crippen molar-refractivity contribution in [2.45, 2.75) is 6.92 Å². The fourth-order valence-corrected chi connectivity index (χ4v) is 2.03. The molecule has 0 aliphatic rings. The van der Waals surface area contributed by atoms with Crippen LogP contribution in [-0.4, -0.2) is 30.7 Å². The molecule has 0 aliphatic heterocycles. The molecule has 0 spiro atoms. The Balaban J connectivity index is 1.72. The lowest BCUT2D eigenvalue weighted by Crippen LogP contribution is -2.35. The molecular weight excluding hydrogens is 344 g/mol. The van der Waals surface area contributed by atoms with Crippen LogP contribution in [0.4, 0.5) is 5.69 Å². The zero-order valence-electron chi connectivity index (χ0n) is 13.5. The quantitative estimate of drug-likeness (QED) is 0.743. The number of amides is 2. The van der Waals surface area contributed by atoms with Gasteiger partial charge in [-0.1, -0.05) is 11.6 Å². The van der Waals surface area contributed by atoms with Gasteiger partial charge in [0.1, 0.15) is 5.75 Å². The highest BCUT2D eigenvalue weighted by atomic mass is 35.5. The van der Waals surface area contributed by atoms with E-state index >= 15 is 0 Å². The second-order valence-electron chi connectivity index (χ2n) is 5.20. The first-order valence-electron chi connectivity index (χ1n) is 7.50. The normalized spacial score (nSPS) is 10.0. The SMILES string of the molecule is CC(=O)c1ccc(NC(=O)CNC(=O)COc2ccc(Cl)cc2)cc1. The summed E-state index contributed by atoms with van der Waals surface area (Å²) in [6.07, 6.45) is 0. The van der Waals surface area contributed by atoms with Gasteiger partial charge < -0.3 is 15.4 Å². The summed E-state index contributed by atoms with van der Waals surface area (Å²) in [4.78, 5) is 34.7. The molecule has 0 saturated carbocycles. The van der Waals surface area contributed by atoms with Gasteiger partial charge in [0.2, 0.25) is 5.91 Å². The molecule has 25 heavy (non-hydrogen) atoms. The van der Waals surface area contributed by atoms with E-state index in [1.807, 2.05) is 0 Å². The molecule has 6 nitrogen and oxygen atoms in total. The van der Waals surface area contributed by atoms with Crippen molar-refractivity contribution in [1.82, 2.24) is 5.32 Å². The van der Waals surface area contributed by atoms with E-state index in [2.05, 4.69) is 10.6 Å². The molecular formula is C18H17ClN2O4. The maximum Gasteiger partial charge on any atom is 0.258 e. The molecule has 2 amide bonds. The summed E-state index contributed by atoms with van der Waals surface area (Å²) in [6, 6.07) is 13.1. The summed E-state index contributed by atoms with van der Waals surface area (Å²) < 4.78 is 5.27. The van der Waals surface area contributed by atoms with E-state index in [9.17, 15) is 14.4 Å². The molecule has 2 N–H and O–H groups in total. The van der Waals surface area contributed by atoms with E-state index in [0.29, 0.717) is 22.0 Å². The first-order valence-corrected chi connectivity index (χ1v) is 7.88. The van der Waals surface area contributed by atoms with Crippen molar-refractivity contribution in [2.75, 3.05) is 18.5 Å². The van der Waals surface area contributed by atoms with Crippen molar-refractivity contribution in [3.05, 3.63) is 59.1 Å². The molecule has 2 rings (SSSR count). The lowest BCUT2D eigenvalue weighted by Gasteiger charge is -2.08. The minimum Gasteiger partial charge on any atom is -0.484 e. The molecule has 0 heterocycles. The number of rotatable bonds is 7. The van der Waals surface area contributed by atoms with Gasteiger partial charge in [-0.2, -0.15) is 0 Å². The van der Waals surface area contributed by atoms with Gasteiger partial charge in [-0.3, -0.25) is 14.4 Å². The number of nitrogens with one attached hydrogen (secondary N) is 2. The Morgan fingerprint density at radius 1 is 0.960 bits per heavy atom. The minimum atomic E-state index is -0.419. The predicted octanol–water partition coefficient (Wildman–Crippen LogP) is 2.68. The lowest BCUT2D eigenvalue weighted by molar-refractivity contribution is -0.125. The molecule has 2 aromatic rings. The van der Waals surface area contributed by atoms with E-state index in [1.165, 1.54) is 6.92 Å². The molecule has 2 aromatic carbocycles. The van der Waals surface area contributed by atoms with Crippen molar-refractivity contribution < 1.29 is 19.1 Å². The number of Topliss-reactive ketones (excluding diaryl/α,β-unsaturated/α-hetero) is 1. The van der Waals surface area contributed by atoms with Crippen molar-refractivity contribution in [3.63, 3.8) is 0 Å². The van der Waals surface area contributed by atoms with Crippen molar-refractivity contribution >= 4 is 34.9 Å². The van der Waals surface area contributed by atoms with Crippen LogP contribution >= 0.6 is 11.6 Å². The first-order chi connectivity index (χ1) is 11.9. The number of anilines is 1. The summed E-state index contributed by atoms with van der Waals surface area (Å²) in [5, 5.41) is 5.65. The largest absolute Gasteiger partial charge is 0.484 e. The standard InChI is InChI=1S/C18H17ClN2O4/c1-12(22)13-2-6-15(7-3-13)21-17(23)10-20-18(24)11-25-16-8-4-14(19)5-9-16/h2-9H,10-11H2,1H3,(H,20,24)(H,21,23). The summed E-state index contributed by atoms with van der Waals surface area (Å²) in [7, 11) is 0. The molecule has 0 unspecified atom stereocenters. The lowest BCUT2D eigenvalue weighted by atomic mass is 10.1. The Hall–Kier alpha value is -2.86. The predicted molar refractivity (Wildman–Crippen MR) is 95.0 cm³/mol. The van der Waals surface area contributed by atoms with Gasteiger partial charge in [0, 0.05) is 16.3 Å². The van der Waals surface area contributed by atoms with Crippen molar-refractivity contribution in [3.8, 4) is 5.75 Å². The fraction of sp³-hybridized carbons (Fsp3) is 0.167. The molecule has 130 valence electrons. The molecule has 0 aromatic heterocycles. The number of benzene rings is 2. The third-order valence-corrected chi connectivity index (χ3v) is 3.46. The second kappa shape index (κ2) is 8.84. The van der Waals surface area contributed by atoms with Crippen LogP contribution in [0.5, 0.6) is 5.75 Å². The van der Waals surface area contributed by atoms with Gasteiger partial charge >= 0.3 is 0 Å². The molecule has 0 fully saturated rings. The van der Waals surface area contributed by atoms with Crippen LogP contribution in [-0.2, 0) is 9.59 Å². The van der Waals surface area contributed by atoms with Crippen LogP contribution in [0.3, 0.4) is 0 Å². The highest BCUT2D eigenvalue weighted by Crippen LogP contribution is 2.15. The van der Waals surface area contributed by atoms with Crippen LogP contribution in [0.25, 0.3) is 0 Å². The number of carbonyl (C=O) groups excluding carboxylic acids is 3.